The second-order valence-corrected chi connectivity index (χ2v) is 11.9. The SMILES string of the molecule is Cc1ncsc1-c1ccc(CNC(=O)[C@@H]2C[C@@H](O)CN2C(=O)C(NC(=O)CCCCC(=O)O)C(C)(C)C)cc1. The van der Waals surface area contributed by atoms with E-state index in [1.165, 1.54) is 4.90 Å². The molecule has 212 valence electrons. The fraction of sp³-hybridized carbons (Fsp3) is 0.536. The number of rotatable bonds is 11. The predicted octanol–water partition coefficient (Wildman–Crippen LogP) is 2.87. The standard InChI is InChI=1S/C28H38N4O6S/c1-17-24(39-16-30-17)19-11-9-18(10-12-19)14-29-26(37)21-13-20(33)15-32(21)27(38)25(28(2,3)4)31-22(34)7-5-6-8-23(35)36/h9-12,16,20-21,25,33H,5-8,13-15H2,1-4H3,(H,29,37)(H,31,34)(H,35,36)/t20-,21+,25?/m1/s1. The zero-order chi connectivity index (χ0) is 28.7. The van der Waals surface area contributed by atoms with Crippen molar-refractivity contribution in [1.29, 1.82) is 0 Å². The zero-order valence-corrected chi connectivity index (χ0v) is 23.7. The Morgan fingerprint density at radius 1 is 1.13 bits per heavy atom. The molecule has 3 rings (SSSR count). The van der Waals surface area contributed by atoms with Gasteiger partial charge in [-0.05, 0) is 36.3 Å². The monoisotopic (exact) mass is 558 g/mol. The number of aliphatic carboxylic acids is 1. The van der Waals surface area contributed by atoms with Crippen molar-refractivity contribution in [3.63, 3.8) is 0 Å². The van der Waals surface area contributed by atoms with Crippen LogP contribution in [0.4, 0.5) is 0 Å². The van der Waals surface area contributed by atoms with E-state index in [0.717, 1.165) is 21.7 Å². The average Bonchev–Trinajstić information content (AvgIpc) is 3.48. The van der Waals surface area contributed by atoms with Crippen LogP contribution >= 0.6 is 11.3 Å². The molecular formula is C28H38N4O6S. The van der Waals surface area contributed by atoms with Crippen LogP contribution in [-0.4, -0.2) is 68.5 Å². The first-order valence-corrected chi connectivity index (χ1v) is 14.0. The second-order valence-electron chi connectivity index (χ2n) is 11.0. The number of carbonyl (C=O) groups is 4. The van der Waals surface area contributed by atoms with E-state index in [1.54, 1.807) is 16.8 Å². The van der Waals surface area contributed by atoms with Gasteiger partial charge in [0.25, 0.3) is 0 Å². The van der Waals surface area contributed by atoms with Crippen molar-refractivity contribution < 1.29 is 29.4 Å². The molecule has 0 spiro atoms. The third-order valence-corrected chi connectivity index (χ3v) is 7.73. The summed E-state index contributed by atoms with van der Waals surface area (Å²) in [5.74, 6) is -2.07. The number of aliphatic hydroxyl groups is 1. The minimum Gasteiger partial charge on any atom is -0.481 e. The number of likely N-dealkylation sites (tertiary alicyclic amines) is 1. The van der Waals surface area contributed by atoms with Crippen LogP contribution in [0.15, 0.2) is 29.8 Å². The quantitative estimate of drug-likeness (QED) is 0.310. The van der Waals surface area contributed by atoms with E-state index in [2.05, 4.69) is 15.6 Å². The maximum absolute atomic E-state index is 13.6. The van der Waals surface area contributed by atoms with E-state index in [9.17, 15) is 24.3 Å². The Bertz CT molecular complexity index is 1170. The molecule has 2 heterocycles. The Hall–Kier alpha value is -3.31. The van der Waals surface area contributed by atoms with Gasteiger partial charge in [-0.15, -0.1) is 11.3 Å². The van der Waals surface area contributed by atoms with Crippen LogP contribution < -0.4 is 10.6 Å². The van der Waals surface area contributed by atoms with Crippen molar-refractivity contribution in [3.8, 4) is 10.4 Å². The Morgan fingerprint density at radius 2 is 1.79 bits per heavy atom. The molecule has 1 unspecified atom stereocenters. The maximum atomic E-state index is 13.6. The molecule has 39 heavy (non-hydrogen) atoms. The molecule has 1 aliphatic heterocycles. The molecule has 0 aliphatic carbocycles. The third-order valence-electron chi connectivity index (χ3n) is 6.76. The van der Waals surface area contributed by atoms with Crippen LogP contribution in [0, 0.1) is 12.3 Å². The fourth-order valence-corrected chi connectivity index (χ4v) is 5.39. The number of carboxylic acids is 1. The number of hydrogen-bond donors (Lipinski definition) is 4. The molecule has 0 radical (unpaired) electrons. The molecule has 1 saturated heterocycles. The van der Waals surface area contributed by atoms with Crippen LogP contribution in [-0.2, 0) is 25.7 Å². The molecule has 4 N–H and O–H groups in total. The molecule has 1 fully saturated rings. The van der Waals surface area contributed by atoms with Crippen molar-refractivity contribution in [1.82, 2.24) is 20.5 Å². The number of unbranched alkanes of at least 4 members (excludes halogenated alkanes) is 1. The summed E-state index contributed by atoms with van der Waals surface area (Å²) >= 11 is 1.57. The number of β-amino-alcohol motifs (C(OH)–C–C–N with tert-alkyl or cyclic N) is 1. The number of nitrogens with zero attached hydrogens (tertiary/aromatic N) is 2. The number of aryl methyl sites for hydroxylation is 1. The Balaban J connectivity index is 1.62. The maximum Gasteiger partial charge on any atom is 0.303 e. The van der Waals surface area contributed by atoms with Crippen molar-refractivity contribution in [3.05, 3.63) is 41.0 Å². The molecule has 11 heteroatoms. The number of aromatic nitrogens is 1. The molecule has 3 amide bonds. The summed E-state index contributed by atoms with van der Waals surface area (Å²) < 4.78 is 0. The number of carboxylic acid groups (broad SMARTS) is 1. The zero-order valence-electron chi connectivity index (χ0n) is 22.9. The van der Waals surface area contributed by atoms with Gasteiger partial charge < -0.3 is 25.7 Å². The molecule has 1 aromatic carbocycles. The minimum atomic E-state index is -0.918. The van der Waals surface area contributed by atoms with Crippen molar-refractivity contribution in [2.45, 2.75) is 84.5 Å². The number of benzene rings is 1. The molecule has 3 atom stereocenters. The Kier molecular flexibility index (Phi) is 10.2. The van der Waals surface area contributed by atoms with Crippen molar-refractivity contribution >= 4 is 35.0 Å². The number of nitrogens with one attached hydrogen (secondary N) is 2. The number of carbonyl (C=O) groups excluding carboxylic acids is 3. The van der Waals surface area contributed by atoms with E-state index in [4.69, 9.17) is 5.11 Å². The van der Waals surface area contributed by atoms with Gasteiger partial charge in [0.15, 0.2) is 0 Å². The van der Waals surface area contributed by atoms with Gasteiger partial charge in [0, 0.05) is 32.4 Å². The molecule has 1 aliphatic rings. The average molecular weight is 559 g/mol. The van der Waals surface area contributed by atoms with E-state index >= 15 is 0 Å². The predicted molar refractivity (Wildman–Crippen MR) is 148 cm³/mol. The first-order chi connectivity index (χ1) is 18.4. The molecular weight excluding hydrogens is 520 g/mol. The van der Waals surface area contributed by atoms with E-state index in [1.807, 2.05) is 52.0 Å². The minimum absolute atomic E-state index is 0.000872. The van der Waals surface area contributed by atoms with Gasteiger partial charge in [-0.25, -0.2) is 4.98 Å². The number of hydrogen-bond acceptors (Lipinski definition) is 7. The van der Waals surface area contributed by atoms with Crippen LogP contribution in [0.3, 0.4) is 0 Å². The molecule has 1 aromatic heterocycles. The highest BCUT2D eigenvalue weighted by Gasteiger charge is 2.44. The summed E-state index contributed by atoms with van der Waals surface area (Å²) in [6, 6.07) is 6.06. The smallest absolute Gasteiger partial charge is 0.303 e. The summed E-state index contributed by atoms with van der Waals surface area (Å²) in [5.41, 5.74) is 4.07. The lowest BCUT2D eigenvalue weighted by Crippen LogP contribution is -2.57. The van der Waals surface area contributed by atoms with Crippen molar-refractivity contribution in [2.75, 3.05) is 6.54 Å². The van der Waals surface area contributed by atoms with Crippen LogP contribution in [0.5, 0.6) is 0 Å². The third kappa shape index (κ3) is 8.34. The summed E-state index contributed by atoms with van der Waals surface area (Å²) in [6.45, 7) is 7.69. The van der Waals surface area contributed by atoms with Gasteiger partial charge in [0.1, 0.15) is 12.1 Å². The van der Waals surface area contributed by atoms with Gasteiger partial charge >= 0.3 is 5.97 Å². The van der Waals surface area contributed by atoms with Gasteiger partial charge in [0.2, 0.25) is 17.7 Å². The van der Waals surface area contributed by atoms with Gasteiger partial charge in [-0.1, -0.05) is 45.0 Å². The van der Waals surface area contributed by atoms with Gasteiger partial charge in [0.05, 0.1) is 22.2 Å². The Morgan fingerprint density at radius 3 is 2.38 bits per heavy atom. The summed E-state index contributed by atoms with van der Waals surface area (Å²) in [5, 5.41) is 24.8. The summed E-state index contributed by atoms with van der Waals surface area (Å²) in [7, 11) is 0. The largest absolute Gasteiger partial charge is 0.481 e. The van der Waals surface area contributed by atoms with E-state index in [0.29, 0.717) is 12.8 Å². The molecule has 0 saturated carbocycles. The molecule has 2 aromatic rings. The van der Waals surface area contributed by atoms with Crippen molar-refractivity contribution in [2.24, 2.45) is 5.41 Å². The van der Waals surface area contributed by atoms with Crippen LogP contribution in [0.25, 0.3) is 10.4 Å². The van der Waals surface area contributed by atoms with Crippen LogP contribution in [0.2, 0.25) is 0 Å². The first kappa shape index (κ1) is 30.2. The number of amides is 3. The summed E-state index contributed by atoms with van der Waals surface area (Å²) in [6.07, 6.45) is 0.0982. The van der Waals surface area contributed by atoms with E-state index in [-0.39, 0.29) is 44.2 Å². The molecule has 10 nitrogen and oxygen atoms in total. The summed E-state index contributed by atoms with van der Waals surface area (Å²) in [4.78, 5) is 56.7. The highest BCUT2D eigenvalue weighted by molar-refractivity contribution is 7.13. The fourth-order valence-electron chi connectivity index (χ4n) is 4.58. The molecule has 0 bridgehead atoms. The van der Waals surface area contributed by atoms with E-state index < -0.39 is 35.5 Å². The number of thiazole rings is 1. The Labute approximate surface area is 232 Å². The topological polar surface area (TPSA) is 149 Å². The van der Waals surface area contributed by atoms with Crippen LogP contribution in [0.1, 0.15) is 64.1 Å². The second kappa shape index (κ2) is 13.2. The highest BCUT2D eigenvalue weighted by Crippen LogP contribution is 2.28. The lowest BCUT2D eigenvalue weighted by molar-refractivity contribution is -0.144. The van der Waals surface area contributed by atoms with Gasteiger partial charge in [-0.3, -0.25) is 19.2 Å². The lowest BCUT2D eigenvalue weighted by atomic mass is 9.85. The lowest BCUT2D eigenvalue weighted by Gasteiger charge is -2.35. The van der Waals surface area contributed by atoms with Gasteiger partial charge in [-0.2, -0.15) is 0 Å². The normalized spacial score (nSPS) is 18.0. The first-order valence-electron chi connectivity index (χ1n) is 13.1. The number of aliphatic hydroxyl groups excluding tert-OH is 1. The highest BCUT2D eigenvalue weighted by atomic mass is 32.1.